The van der Waals surface area contributed by atoms with Gasteiger partial charge in [-0.25, -0.2) is 4.98 Å². The molecule has 4 rings (SSSR count). The molecular formula is C20H20N4O3. The van der Waals surface area contributed by atoms with Crippen LogP contribution in [0.2, 0.25) is 0 Å². The fourth-order valence-electron chi connectivity index (χ4n) is 3.13. The van der Waals surface area contributed by atoms with Crippen molar-refractivity contribution in [2.45, 2.75) is 25.8 Å². The Balaban J connectivity index is 1.74. The summed E-state index contributed by atoms with van der Waals surface area (Å²) in [6.07, 6.45) is 3.64. The zero-order valence-corrected chi connectivity index (χ0v) is 15.1. The average molecular weight is 364 g/mol. The van der Waals surface area contributed by atoms with Crippen molar-refractivity contribution in [2.24, 2.45) is 0 Å². The van der Waals surface area contributed by atoms with Gasteiger partial charge in [0.25, 0.3) is 0 Å². The minimum Gasteiger partial charge on any atom is -0.497 e. The average Bonchev–Trinajstić information content (AvgIpc) is 3.16. The summed E-state index contributed by atoms with van der Waals surface area (Å²) in [5, 5.41) is 8.21. The molecule has 0 amide bonds. The van der Waals surface area contributed by atoms with E-state index in [1.807, 2.05) is 22.8 Å². The van der Waals surface area contributed by atoms with Crippen molar-refractivity contribution in [3.8, 4) is 23.0 Å². The standard InChI is InChI=1S/C20H20N4O3/c1-26-15-7-8-19-16(12-15)18(25)11-14-5-4-6-17(22-14)20-23-21-13-24(20)9-2-3-10-27-19/h4-8,12-13H,2-3,9-11H2,1H3. The summed E-state index contributed by atoms with van der Waals surface area (Å²) >= 11 is 0. The molecule has 0 spiro atoms. The molecule has 0 radical (unpaired) electrons. The molecule has 2 bridgehead atoms. The molecule has 0 unspecified atom stereocenters. The number of ketones is 1. The molecule has 27 heavy (non-hydrogen) atoms. The number of Topliss-reactive ketones (excluding diaryl/α,β-unsaturated/α-hetero) is 1. The number of methoxy groups -OCH3 is 1. The van der Waals surface area contributed by atoms with Crippen molar-refractivity contribution in [3.05, 3.63) is 54.0 Å². The van der Waals surface area contributed by atoms with Gasteiger partial charge in [0.2, 0.25) is 0 Å². The number of ether oxygens (including phenoxy) is 2. The summed E-state index contributed by atoms with van der Waals surface area (Å²) in [4.78, 5) is 17.6. The van der Waals surface area contributed by atoms with Gasteiger partial charge in [0, 0.05) is 12.2 Å². The number of pyridine rings is 1. The number of rotatable bonds is 1. The molecule has 138 valence electrons. The van der Waals surface area contributed by atoms with Crippen molar-refractivity contribution in [1.29, 1.82) is 0 Å². The highest BCUT2D eigenvalue weighted by Gasteiger charge is 2.17. The highest BCUT2D eigenvalue weighted by atomic mass is 16.5. The first-order chi connectivity index (χ1) is 13.2. The Morgan fingerprint density at radius 2 is 2.11 bits per heavy atom. The highest BCUT2D eigenvalue weighted by molar-refractivity contribution is 6.00. The molecule has 3 heterocycles. The van der Waals surface area contributed by atoms with E-state index in [2.05, 4.69) is 15.2 Å². The number of benzene rings is 1. The SMILES string of the molecule is COc1ccc2c(c1)C(=O)Cc1cccc(n1)-c1nncn1CCCCO2. The maximum Gasteiger partial charge on any atom is 0.182 e. The number of aromatic nitrogens is 4. The van der Waals surface area contributed by atoms with Gasteiger partial charge in [-0.3, -0.25) is 4.79 Å². The number of hydrogen-bond acceptors (Lipinski definition) is 6. The van der Waals surface area contributed by atoms with Gasteiger partial charge in [-0.2, -0.15) is 0 Å². The lowest BCUT2D eigenvalue weighted by atomic mass is 10.0. The highest BCUT2D eigenvalue weighted by Crippen LogP contribution is 2.26. The summed E-state index contributed by atoms with van der Waals surface area (Å²) < 4.78 is 13.1. The molecule has 3 aromatic rings. The van der Waals surface area contributed by atoms with Crippen LogP contribution in [0.3, 0.4) is 0 Å². The summed E-state index contributed by atoms with van der Waals surface area (Å²) in [5.74, 6) is 1.86. The third-order valence-electron chi connectivity index (χ3n) is 4.53. The first kappa shape index (κ1) is 17.2. The second kappa shape index (κ2) is 7.57. The first-order valence-electron chi connectivity index (χ1n) is 8.93. The normalized spacial score (nSPS) is 14.5. The first-order valence-corrected chi connectivity index (χ1v) is 8.93. The van der Waals surface area contributed by atoms with Gasteiger partial charge in [0.05, 0.1) is 25.7 Å². The molecule has 7 heteroatoms. The maximum absolute atomic E-state index is 12.9. The molecular weight excluding hydrogens is 344 g/mol. The fourth-order valence-corrected chi connectivity index (χ4v) is 3.13. The van der Waals surface area contributed by atoms with E-state index in [1.165, 1.54) is 0 Å². The molecule has 2 aromatic heterocycles. The molecule has 0 saturated carbocycles. The Kier molecular flexibility index (Phi) is 4.82. The van der Waals surface area contributed by atoms with Crippen LogP contribution in [0.1, 0.15) is 28.9 Å². The maximum atomic E-state index is 12.9. The molecule has 1 aliphatic rings. The second-order valence-electron chi connectivity index (χ2n) is 6.38. The lowest BCUT2D eigenvalue weighted by molar-refractivity contribution is 0.0987. The quantitative estimate of drug-likeness (QED) is 0.660. The van der Waals surface area contributed by atoms with E-state index in [4.69, 9.17) is 9.47 Å². The molecule has 0 N–H and O–H groups in total. The van der Waals surface area contributed by atoms with Crippen LogP contribution in [0.15, 0.2) is 42.7 Å². The minimum absolute atomic E-state index is 0.0629. The minimum atomic E-state index is -0.0629. The molecule has 7 nitrogen and oxygen atoms in total. The third-order valence-corrected chi connectivity index (χ3v) is 4.53. The lowest BCUT2D eigenvalue weighted by Gasteiger charge is -2.14. The van der Waals surface area contributed by atoms with E-state index in [1.54, 1.807) is 31.6 Å². The van der Waals surface area contributed by atoms with E-state index in [-0.39, 0.29) is 12.2 Å². The molecule has 0 fully saturated rings. The van der Waals surface area contributed by atoms with Crippen molar-refractivity contribution >= 4 is 5.78 Å². The van der Waals surface area contributed by atoms with Gasteiger partial charge < -0.3 is 14.0 Å². The molecule has 0 saturated heterocycles. The Labute approximate surface area is 157 Å². The van der Waals surface area contributed by atoms with E-state index in [0.29, 0.717) is 35.2 Å². The Hall–Kier alpha value is -3.22. The van der Waals surface area contributed by atoms with Crippen LogP contribution in [-0.2, 0) is 13.0 Å². The zero-order valence-electron chi connectivity index (χ0n) is 15.1. The van der Waals surface area contributed by atoms with Crippen molar-refractivity contribution in [2.75, 3.05) is 13.7 Å². The van der Waals surface area contributed by atoms with Gasteiger partial charge in [0.15, 0.2) is 11.6 Å². The lowest BCUT2D eigenvalue weighted by Crippen LogP contribution is -2.11. The predicted octanol–water partition coefficient (Wildman–Crippen LogP) is 2.95. The van der Waals surface area contributed by atoms with Crippen LogP contribution in [-0.4, -0.2) is 39.2 Å². The van der Waals surface area contributed by atoms with Crippen LogP contribution in [0, 0.1) is 0 Å². The smallest absolute Gasteiger partial charge is 0.182 e. The van der Waals surface area contributed by atoms with E-state index >= 15 is 0 Å². The van der Waals surface area contributed by atoms with Crippen LogP contribution in [0.4, 0.5) is 0 Å². The van der Waals surface area contributed by atoms with Crippen LogP contribution >= 0.6 is 0 Å². The monoisotopic (exact) mass is 364 g/mol. The van der Waals surface area contributed by atoms with E-state index in [0.717, 1.165) is 25.1 Å². The van der Waals surface area contributed by atoms with Crippen molar-refractivity contribution in [1.82, 2.24) is 19.7 Å². The Morgan fingerprint density at radius 3 is 3.00 bits per heavy atom. The van der Waals surface area contributed by atoms with Crippen LogP contribution < -0.4 is 9.47 Å². The molecule has 0 atom stereocenters. The van der Waals surface area contributed by atoms with E-state index < -0.39 is 0 Å². The molecule has 0 aliphatic carbocycles. The zero-order chi connectivity index (χ0) is 18.6. The van der Waals surface area contributed by atoms with Crippen LogP contribution in [0.25, 0.3) is 11.5 Å². The van der Waals surface area contributed by atoms with Crippen molar-refractivity contribution in [3.63, 3.8) is 0 Å². The largest absolute Gasteiger partial charge is 0.497 e. The van der Waals surface area contributed by atoms with Gasteiger partial charge in [-0.1, -0.05) is 6.07 Å². The number of hydrogen-bond donors (Lipinski definition) is 0. The number of aryl methyl sites for hydroxylation is 1. The number of carbonyl (C=O) groups is 1. The van der Waals surface area contributed by atoms with Gasteiger partial charge in [-0.15, -0.1) is 10.2 Å². The Bertz CT molecular complexity index is 967. The van der Waals surface area contributed by atoms with Gasteiger partial charge in [-0.05, 0) is 43.2 Å². The molecule has 1 aromatic carbocycles. The summed E-state index contributed by atoms with van der Waals surface area (Å²) in [7, 11) is 1.58. The summed E-state index contributed by atoms with van der Waals surface area (Å²) in [6, 6.07) is 10.9. The third kappa shape index (κ3) is 3.67. The van der Waals surface area contributed by atoms with Gasteiger partial charge >= 0.3 is 0 Å². The van der Waals surface area contributed by atoms with E-state index in [9.17, 15) is 4.79 Å². The number of nitrogens with zero attached hydrogens (tertiary/aromatic N) is 4. The number of carbonyl (C=O) groups excluding carboxylic acids is 1. The summed E-state index contributed by atoms with van der Waals surface area (Å²) in [6.45, 7) is 1.32. The second-order valence-corrected chi connectivity index (χ2v) is 6.38. The topological polar surface area (TPSA) is 79.1 Å². The summed E-state index contributed by atoms with van der Waals surface area (Å²) in [5.41, 5.74) is 1.91. The van der Waals surface area contributed by atoms with Gasteiger partial charge in [0.1, 0.15) is 23.5 Å². The molecule has 1 aliphatic heterocycles. The van der Waals surface area contributed by atoms with Crippen LogP contribution in [0.5, 0.6) is 11.5 Å². The van der Waals surface area contributed by atoms with Crippen molar-refractivity contribution < 1.29 is 14.3 Å². The fraction of sp³-hybridized carbons (Fsp3) is 0.300. The predicted molar refractivity (Wildman–Crippen MR) is 99.0 cm³/mol. The Morgan fingerprint density at radius 1 is 1.19 bits per heavy atom. The number of fused-ring (bicyclic) bond motifs is 5.